The smallest absolute Gasteiger partial charge is 0.407 e. The zero-order valence-electron chi connectivity index (χ0n) is 10.1. The normalized spacial score (nSPS) is 30.9. The molecule has 0 spiro atoms. The van der Waals surface area contributed by atoms with Crippen LogP contribution in [-0.2, 0) is 4.74 Å². The first-order valence-corrected chi connectivity index (χ1v) is 5.67. The maximum absolute atomic E-state index is 13.0. The van der Waals surface area contributed by atoms with E-state index in [-0.39, 0.29) is 12.1 Å². The van der Waals surface area contributed by atoms with E-state index in [4.69, 9.17) is 10.5 Å². The Hall–Kier alpha value is -0.840. The van der Waals surface area contributed by atoms with Crippen molar-refractivity contribution in [3.8, 4) is 0 Å². The molecule has 0 aromatic carbocycles. The Labute approximate surface area is 95.7 Å². The third-order valence-corrected chi connectivity index (χ3v) is 2.54. The molecule has 0 aromatic rings. The van der Waals surface area contributed by atoms with Crippen LogP contribution in [0, 0.1) is 0 Å². The van der Waals surface area contributed by atoms with Crippen LogP contribution >= 0.6 is 0 Å². The number of ether oxygens (including phenoxy) is 1. The first-order chi connectivity index (χ1) is 7.28. The second-order valence-electron chi connectivity index (χ2n) is 5.33. The number of carbonyl (C=O) groups is 1. The molecule has 1 amide bonds. The summed E-state index contributed by atoms with van der Waals surface area (Å²) in [6.07, 6.45) is 0.00730. The van der Waals surface area contributed by atoms with Crippen LogP contribution in [0.15, 0.2) is 0 Å². The van der Waals surface area contributed by atoms with Gasteiger partial charge in [0.05, 0.1) is 0 Å². The van der Waals surface area contributed by atoms with Crippen molar-refractivity contribution in [2.24, 2.45) is 5.73 Å². The summed E-state index contributed by atoms with van der Waals surface area (Å²) in [7, 11) is 0. The van der Waals surface area contributed by atoms with Crippen molar-refractivity contribution < 1.29 is 13.9 Å². The minimum Gasteiger partial charge on any atom is -0.444 e. The molecule has 1 aliphatic rings. The van der Waals surface area contributed by atoms with Gasteiger partial charge in [-0.3, -0.25) is 0 Å². The molecule has 1 rings (SSSR count). The summed E-state index contributed by atoms with van der Waals surface area (Å²) < 4.78 is 18.1. The van der Waals surface area contributed by atoms with Gasteiger partial charge >= 0.3 is 6.09 Å². The Morgan fingerprint density at radius 1 is 1.44 bits per heavy atom. The van der Waals surface area contributed by atoms with Crippen molar-refractivity contribution in [2.45, 2.75) is 63.9 Å². The van der Waals surface area contributed by atoms with E-state index in [9.17, 15) is 9.18 Å². The highest BCUT2D eigenvalue weighted by atomic mass is 19.1. The van der Waals surface area contributed by atoms with Gasteiger partial charge in [-0.25, -0.2) is 9.18 Å². The number of nitrogens with one attached hydrogen (secondary N) is 1. The molecular formula is C11H21FN2O2. The van der Waals surface area contributed by atoms with E-state index in [0.29, 0.717) is 19.3 Å². The molecule has 0 heterocycles. The minimum absolute atomic E-state index is 0.179. The first kappa shape index (κ1) is 13.2. The molecule has 1 saturated carbocycles. The zero-order chi connectivity index (χ0) is 12.3. The molecule has 3 atom stereocenters. The van der Waals surface area contributed by atoms with Gasteiger partial charge in [0.1, 0.15) is 11.8 Å². The molecule has 0 aromatic heterocycles. The molecule has 16 heavy (non-hydrogen) atoms. The number of carbonyl (C=O) groups excluding carboxylic acids is 1. The number of hydrogen-bond donors (Lipinski definition) is 2. The van der Waals surface area contributed by atoms with Crippen LogP contribution in [0.3, 0.4) is 0 Å². The standard InChI is InChI=1S/C11H21FN2O2/c1-11(2,3)16-10(15)14-9-5-4-7(12)6-8(9)13/h7-9H,4-6,13H2,1-3H3,(H,14,15)/t7-,8-,9+/m0/s1. The number of alkyl halides is 1. The van der Waals surface area contributed by atoms with Gasteiger partial charge < -0.3 is 15.8 Å². The Balaban J connectivity index is 2.39. The summed E-state index contributed by atoms with van der Waals surface area (Å²) in [5, 5.41) is 2.69. The minimum atomic E-state index is -0.841. The van der Waals surface area contributed by atoms with Crippen molar-refractivity contribution in [2.75, 3.05) is 0 Å². The van der Waals surface area contributed by atoms with Crippen molar-refractivity contribution in [1.29, 1.82) is 0 Å². The summed E-state index contributed by atoms with van der Waals surface area (Å²) in [5.41, 5.74) is 5.25. The molecular weight excluding hydrogens is 211 g/mol. The fourth-order valence-electron chi connectivity index (χ4n) is 1.79. The highest BCUT2D eigenvalue weighted by Gasteiger charge is 2.30. The quantitative estimate of drug-likeness (QED) is 0.723. The van der Waals surface area contributed by atoms with Gasteiger partial charge in [-0.2, -0.15) is 0 Å². The molecule has 0 radical (unpaired) electrons. The van der Waals surface area contributed by atoms with Crippen LogP contribution in [0.1, 0.15) is 40.0 Å². The molecule has 5 heteroatoms. The Morgan fingerprint density at radius 2 is 2.06 bits per heavy atom. The van der Waals surface area contributed by atoms with Crippen LogP contribution in [0.25, 0.3) is 0 Å². The summed E-state index contributed by atoms with van der Waals surface area (Å²) in [6, 6.07) is -0.502. The average Bonchev–Trinajstić information content (AvgIpc) is 2.06. The van der Waals surface area contributed by atoms with Crippen molar-refractivity contribution in [3.05, 3.63) is 0 Å². The lowest BCUT2D eigenvalue weighted by atomic mass is 9.90. The van der Waals surface area contributed by atoms with E-state index < -0.39 is 17.9 Å². The van der Waals surface area contributed by atoms with E-state index in [0.717, 1.165) is 0 Å². The second kappa shape index (κ2) is 4.99. The predicted octanol–water partition coefficient (Wildman–Crippen LogP) is 1.73. The monoisotopic (exact) mass is 232 g/mol. The van der Waals surface area contributed by atoms with Crippen molar-refractivity contribution in [1.82, 2.24) is 5.32 Å². The Morgan fingerprint density at radius 3 is 2.56 bits per heavy atom. The van der Waals surface area contributed by atoms with E-state index in [1.807, 2.05) is 0 Å². The van der Waals surface area contributed by atoms with E-state index >= 15 is 0 Å². The van der Waals surface area contributed by atoms with Crippen molar-refractivity contribution in [3.63, 3.8) is 0 Å². The number of nitrogens with two attached hydrogens (primary N) is 1. The summed E-state index contributed by atoms with van der Waals surface area (Å²) in [4.78, 5) is 11.5. The molecule has 0 aliphatic heterocycles. The van der Waals surface area contributed by atoms with Gasteiger partial charge in [0, 0.05) is 12.1 Å². The van der Waals surface area contributed by atoms with E-state index in [1.54, 1.807) is 20.8 Å². The van der Waals surface area contributed by atoms with Gasteiger partial charge in [0.15, 0.2) is 0 Å². The van der Waals surface area contributed by atoms with Crippen LogP contribution in [0.4, 0.5) is 9.18 Å². The van der Waals surface area contributed by atoms with Crippen LogP contribution in [0.2, 0.25) is 0 Å². The fourth-order valence-corrected chi connectivity index (χ4v) is 1.79. The average molecular weight is 232 g/mol. The number of hydrogen-bond acceptors (Lipinski definition) is 3. The maximum atomic E-state index is 13.0. The van der Waals surface area contributed by atoms with Gasteiger partial charge in [-0.15, -0.1) is 0 Å². The van der Waals surface area contributed by atoms with Crippen molar-refractivity contribution >= 4 is 6.09 Å². The molecule has 94 valence electrons. The van der Waals surface area contributed by atoms with Gasteiger partial charge in [0.2, 0.25) is 0 Å². The highest BCUT2D eigenvalue weighted by Crippen LogP contribution is 2.20. The summed E-state index contributed by atoms with van der Waals surface area (Å²) >= 11 is 0. The number of amides is 1. The fraction of sp³-hybridized carbons (Fsp3) is 0.909. The SMILES string of the molecule is CC(C)(C)OC(=O)N[C@@H]1CC[C@H](F)C[C@@H]1N. The molecule has 3 N–H and O–H groups in total. The lowest BCUT2D eigenvalue weighted by molar-refractivity contribution is 0.0472. The largest absolute Gasteiger partial charge is 0.444 e. The van der Waals surface area contributed by atoms with Gasteiger partial charge in [-0.05, 0) is 40.0 Å². The number of halogens is 1. The molecule has 4 nitrogen and oxygen atoms in total. The predicted molar refractivity (Wildman–Crippen MR) is 59.9 cm³/mol. The lowest BCUT2D eigenvalue weighted by Crippen LogP contribution is -2.52. The summed E-state index contributed by atoms with van der Waals surface area (Å²) in [5.74, 6) is 0. The number of rotatable bonds is 1. The van der Waals surface area contributed by atoms with Crippen LogP contribution < -0.4 is 11.1 Å². The first-order valence-electron chi connectivity index (χ1n) is 5.67. The third kappa shape index (κ3) is 4.35. The Kier molecular flexibility index (Phi) is 4.13. The molecule has 1 aliphatic carbocycles. The maximum Gasteiger partial charge on any atom is 0.407 e. The van der Waals surface area contributed by atoms with Crippen LogP contribution in [0.5, 0.6) is 0 Å². The Bertz CT molecular complexity index is 253. The van der Waals surface area contributed by atoms with Crippen LogP contribution in [-0.4, -0.2) is 29.9 Å². The van der Waals surface area contributed by atoms with E-state index in [1.165, 1.54) is 0 Å². The molecule has 0 unspecified atom stereocenters. The molecule has 1 fully saturated rings. The van der Waals surface area contributed by atoms with Gasteiger partial charge in [0.25, 0.3) is 0 Å². The third-order valence-electron chi connectivity index (χ3n) is 2.54. The van der Waals surface area contributed by atoms with Gasteiger partial charge in [-0.1, -0.05) is 0 Å². The topological polar surface area (TPSA) is 64.3 Å². The molecule has 0 saturated heterocycles. The second-order valence-corrected chi connectivity index (χ2v) is 5.33. The zero-order valence-corrected chi connectivity index (χ0v) is 10.1. The molecule has 0 bridgehead atoms. The number of alkyl carbamates (subject to hydrolysis) is 1. The summed E-state index contributed by atoms with van der Waals surface area (Å²) in [6.45, 7) is 5.39. The van der Waals surface area contributed by atoms with E-state index in [2.05, 4.69) is 5.32 Å². The lowest BCUT2D eigenvalue weighted by Gasteiger charge is -2.32. The highest BCUT2D eigenvalue weighted by molar-refractivity contribution is 5.68.